The number of anilines is 1. The summed E-state index contributed by atoms with van der Waals surface area (Å²) in [7, 11) is 0. The number of amides is 1. The van der Waals surface area contributed by atoms with Crippen LogP contribution in [-0.4, -0.2) is 21.8 Å². The van der Waals surface area contributed by atoms with Gasteiger partial charge in [0, 0.05) is 27.2 Å². The Morgan fingerprint density at radius 3 is 2.46 bits per heavy atom. The van der Waals surface area contributed by atoms with Crippen molar-refractivity contribution in [3.8, 4) is 0 Å². The van der Waals surface area contributed by atoms with Crippen LogP contribution in [0.2, 0.25) is 10.0 Å². The Balaban J connectivity index is 1.95. The molecule has 1 aliphatic heterocycles. The van der Waals surface area contributed by atoms with Crippen LogP contribution in [0, 0.1) is 0 Å². The first-order chi connectivity index (χ1) is 13.5. The van der Waals surface area contributed by atoms with Crippen molar-refractivity contribution in [3.05, 3.63) is 86.9 Å². The summed E-state index contributed by atoms with van der Waals surface area (Å²) in [5.74, 6) is -1.82. The Bertz CT molecular complexity index is 1090. The number of aliphatic hydroxyl groups excluding tert-OH is 1. The van der Waals surface area contributed by atoms with Crippen molar-refractivity contribution >= 4 is 57.1 Å². The number of benzene rings is 2. The number of ketones is 1. The van der Waals surface area contributed by atoms with Gasteiger partial charge in [-0.05, 0) is 42.0 Å². The van der Waals surface area contributed by atoms with E-state index in [1.807, 2.05) is 0 Å². The van der Waals surface area contributed by atoms with Crippen LogP contribution < -0.4 is 4.90 Å². The zero-order valence-corrected chi connectivity index (χ0v) is 16.5. The van der Waals surface area contributed by atoms with Crippen molar-refractivity contribution in [1.82, 2.24) is 4.98 Å². The monoisotopic (exact) mass is 430 g/mol. The predicted molar refractivity (Wildman–Crippen MR) is 110 cm³/mol. The van der Waals surface area contributed by atoms with Crippen molar-refractivity contribution in [2.24, 2.45) is 0 Å². The van der Waals surface area contributed by atoms with Crippen molar-refractivity contribution in [1.29, 1.82) is 0 Å². The van der Waals surface area contributed by atoms with E-state index in [0.29, 0.717) is 26.3 Å². The lowest BCUT2D eigenvalue weighted by atomic mass is 9.95. The van der Waals surface area contributed by atoms with Crippen molar-refractivity contribution < 1.29 is 14.7 Å². The molecular formula is C20H12Cl2N2O3S. The third-order valence-electron chi connectivity index (χ3n) is 4.35. The van der Waals surface area contributed by atoms with Gasteiger partial charge < -0.3 is 5.11 Å². The third-order valence-corrected chi connectivity index (χ3v) is 5.61. The maximum absolute atomic E-state index is 12.9. The van der Waals surface area contributed by atoms with Crippen LogP contribution in [0.5, 0.6) is 0 Å². The molecule has 0 aliphatic carbocycles. The molecule has 28 heavy (non-hydrogen) atoms. The maximum Gasteiger partial charge on any atom is 0.301 e. The molecule has 0 bridgehead atoms. The summed E-state index contributed by atoms with van der Waals surface area (Å²) in [5, 5.41) is 13.9. The van der Waals surface area contributed by atoms with Gasteiger partial charge in [-0.3, -0.25) is 14.5 Å². The molecule has 2 heterocycles. The summed E-state index contributed by atoms with van der Waals surface area (Å²) in [6.45, 7) is 0. The zero-order valence-electron chi connectivity index (χ0n) is 14.2. The standard InChI is InChI=1S/C20H12Cl2N2O3S/c21-13-6-4-11(5-7-13)17(25)15-16(12-2-1-3-14(22)10-12)24(19(27)18(15)26)20-23-8-9-28-20/h1-10,16,25H/t16-/m0/s1. The van der Waals surface area contributed by atoms with E-state index in [4.69, 9.17) is 23.2 Å². The molecule has 1 amide bonds. The minimum Gasteiger partial charge on any atom is -0.507 e. The Kier molecular flexibility index (Phi) is 4.93. The van der Waals surface area contributed by atoms with Gasteiger partial charge in [0.15, 0.2) is 5.13 Å². The minimum absolute atomic E-state index is 0.0233. The van der Waals surface area contributed by atoms with Gasteiger partial charge in [0.25, 0.3) is 5.78 Å². The number of hydrogen-bond acceptors (Lipinski definition) is 5. The van der Waals surface area contributed by atoms with Crippen molar-refractivity contribution in [2.45, 2.75) is 6.04 Å². The highest BCUT2D eigenvalue weighted by Crippen LogP contribution is 2.43. The molecule has 0 spiro atoms. The first kappa shape index (κ1) is 18.7. The number of rotatable bonds is 3. The molecule has 1 fully saturated rings. The lowest BCUT2D eigenvalue weighted by Crippen LogP contribution is -2.29. The average Bonchev–Trinajstić information content (AvgIpc) is 3.29. The van der Waals surface area contributed by atoms with Gasteiger partial charge in [-0.1, -0.05) is 35.3 Å². The molecule has 0 saturated carbocycles. The summed E-state index contributed by atoms with van der Waals surface area (Å²) in [5.41, 5.74) is 0.954. The zero-order chi connectivity index (χ0) is 19.8. The molecule has 3 aromatic rings. The molecule has 1 atom stereocenters. The predicted octanol–water partition coefficient (Wildman–Crippen LogP) is 5.08. The molecule has 1 aliphatic rings. The number of thiazole rings is 1. The van der Waals surface area contributed by atoms with Crippen LogP contribution in [0.3, 0.4) is 0 Å². The fourth-order valence-electron chi connectivity index (χ4n) is 3.12. The first-order valence-electron chi connectivity index (χ1n) is 8.19. The molecule has 140 valence electrons. The highest BCUT2D eigenvalue weighted by atomic mass is 35.5. The smallest absolute Gasteiger partial charge is 0.301 e. The molecule has 2 aromatic carbocycles. The van der Waals surface area contributed by atoms with Crippen LogP contribution in [0.15, 0.2) is 65.7 Å². The van der Waals surface area contributed by atoms with Gasteiger partial charge in [0.2, 0.25) is 0 Å². The summed E-state index contributed by atoms with van der Waals surface area (Å²) in [6, 6.07) is 12.4. The molecule has 1 saturated heterocycles. The molecule has 0 unspecified atom stereocenters. The van der Waals surface area contributed by atoms with Gasteiger partial charge in [0.1, 0.15) is 5.76 Å². The second-order valence-corrected chi connectivity index (χ2v) is 7.79. The number of halogens is 2. The fourth-order valence-corrected chi connectivity index (χ4v) is 4.11. The van der Waals surface area contributed by atoms with E-state index >= 15 is 0 Å². The minimum atomic E-state index is -0.847. The summed E-state index contributed by atoms with van der Waals surface area (Å²) < 4.78 is 0. The normalized spacial score (nSPS) is 18.6. The quantitative estimate of drug-likeness (QED) is 0.357. The van der Waals surface area contributed by atoms with Gasteiger partial charge in [-0.15, -0.1) is 11.3 Å². The van der Waals surface area contributed by atoms with E-state index in [9.17, 15) is 14.7 Å². The number of hydrogen-bond donors (Lipinski definition) is 1. The summed E-state index contributed by atoms with van der Waals surface area (Å²) in [4.78, 5) is 31.2. The lowest BCUT2D eigenvalue weighted by molar-refractivity contribution is -0.132. The highest BCUT2D eigenvalue weighted by Gasteiger charge is 2.48. The Labute approximate surface area is 174 Å². The molecule has 1 N–H and O–H groups in total. The number of aliphatic hydroxyl groups is 1. The van der Waals surface area contributed by atoms with Crippen LogP contribution in [0.1, 0.15) is 17.2 Å². The lowest BCUT2D eigenvalue weighted by Gasteiger charge is -2.23. The number of Topliss-reactive ketones (excluding diaryl/α,β-unsaturated/α-hetero) is 1. The number of nitrogens with zero attached hydrogens (tertiary/aromatic N) is 2. The Morgan fingerprint density at radius 2 is 1.82 bits per heavy atom. The maximum atomic E-state index is 12.9. The van der Waals surface area contributed by atoms with E-state index in [-0.39, 0.29) is 11.3 Å². The summed E-state index contributed by atoms with van der Waals surface area (Å²) in [6.07, 6.45) is 1.55. The molecule has 0 radical (unpaired) electrons. The molecular weight excluding hydrogens is 419 g/mol. The largest absolute Gasteiger partial charge is 0.507 e. The Morgan fingerprint density at radius 1 is 1.07 bits per heavy atom. The Hall–Kier alpha value is -2.67. The second kappa shape index (κ2) is 7.39. The van der Waals surface area contributed by atoms with Crippen LogP contribution in [0.4, 0.5) is 5.13 Å². The topological polar surface area (TPSA) is 70.5 Å². The molecule has 8 heteroatoms. The first-order valence-corrected chi connectivity index (χ1v) is 9.83. The van der Waals surface area contributed by atoms with Gasteiger partial charge in [0.05, 0.1) is 11.6 Å². The van der Waals surface area contributed by atoms with E-state index in [0.717, 1.165) is 0 Å². The van der Waals surface area contributed by atoms with Gasteiger partial charge >= 0.3 is 5.91 Å². The van der Waals surface area contributed by atoms with Crippen LogP contribution in [-0.2, 0) is 9.59 Å². The number of carbonyl (C=O) groups is 2. The SMILES string of the molecule is O=C1C(=O)N(c2nccs2)[C@@H](c2cccc(Cl)c2)C1=C(O)c1ccc(Cl)cc1. The van der Waals surface area contributed by atoms with Crippen molar-refractivity contribution in [3.63, 3.8) is 0 Å². The van der Waals surface area contributed by atoms with E-state index in [2.05, 4.69) is 4.98 Å². The van der Waals surface area contributed by atoms with E-state index in [1.54, 1.807) is 60.1 Å². The van der Waals surface area contributed by atoms with Gasteiger partial charge in [-0.25, -0.2) is 4.98 Å². The fraction of sp³-hybridized carbons (Fsp3) is 0.0500. The van der Waals surface area contributed by atoms with Crippen molar-refractivity contribution in [2.75, 3.05) is 4.90 Å². The molecule has 4 rings (SSSR count). The van der Waals surface area contributed by atoms with E-state index in [1.165, 1.54) is 16.2 Å². The third kappa shape index (κ3) is 3.20. The second-order valence-electron chi connectivity index (χ2n) is 6.05. The van der Waals surface area contributed by atoms with Gasteiger partial charge in [-0.2, -0.15) is 0 Å². The number of carbonyl (C=O) groups excluding carboxylic acids is 2. The van der Waals surface area contributed by atoms with Crippen LogP contribution >= 0.6 is 34.5 Å². The van der Waals surface area contributed by atoms with Crippen LogP contribution in [0.25, 0.3) is 5.76 Å². The highest BCUT2D eigenvalue weighted by molar-refractivity contribution is 7.14. The summed E-state index contributed by atoms with van der Waals surface area (Å²) >= 11 is 13.3. The molecule has 5 nitrogen and oxygen atoms in total. The number of aromatic nitrogens is 1. The molecule has 1 aromatic heterocycles. The average molecular weight is 431 g/mol. The van der Waals surface area contributed by atoms with E-state index < -0.39 is 17.7 Å².